The average molecular weight is 748 g/mol. The van der Waals surface area contributed by atoms with Crippen LogP contribution in [0.25, 0.3) is 11.1 Å². The van der Waals surface area contributed by atoms with E-state index >= 15 is 0 Å². The van der Waals surface area contributed by atoms with E-state index in [1.807, 2.05) is 8.85 Å². The Morgan fingerprint density at radius 1 is 0.608 bits per heavy atom. The molecule has 0 N–H and O–H groups in total. The first-order chi connectivity index (χ1) is 24.4. The molecule has 4 saturated carbocycles. The van der Waals surface area contributed by atoms with Gasteiger partial charge >= 0.3 is 318 Å². The number of hydrogen-bond donors (Lipinski definition) is 0. The zero-order valence-electron chi connectivity index (χ0n) is 32.1. The van der Waals surface area contributed by atoms with Crippen LogP contribution < -0.4 is 0 Å². The molecule has 0 radical (unpaired) electrons. The minimum absolute atomic E-state index is 0.0998. The topological polar surface area (TPSA) is 0 Å². The Morgan fingerprint density at radius 3 is 1.49 bits per heavy atom. The van der Waals surface area contributed by atoms with Crippen molar-refractivity contribution in [3.63, 3.8) is 0 Å². The Labute approximate surface area is 315 Å². The Hall–Kier alpha value is -2.89. The Balaban J connectivity index is 1.39. The van der Waals surface area contributed by atoms with Crippen LogP contribution in [0.15, 0.2) is 118 Å². The predicted molar refractivity (Wildman–Crippen MR) is 213 cm³/mol. The quantitative estimate of drug-likeness (QED) is 0.191. The van der Waals surface area contributed by atoms with Gasteiger partial charge in [-0.3, -0.25) is 0 Å². The molecule has 260 valence electrons. The second kappa shape index (κ2) is 12.3. The van der Waals surface area contributed by atoms with Gasteiger partial charge in [0.15, 0.2) is 0 Å². The van der Waals surface area contributed by atoms with Crippen LogP contribution in [0.3, 0.4) is 0 Å². The van der Waals surface area contributed by atoms with Crippen molar-refractivity contribution in [3.8, 4) is 11.1 Å². The molecule has 6 aliphatic carbocycles. The van der Waals surface area contributed by atoms with Crippen LogP contribution in [0, 0.1) is 23.2 Å². The first kappa shape index (κ1) is 33.9. The zero-order chi connectivity index (χ0) is 35.3. The molecule has 4 fully saturated rings. The van der Waals surface area contributed by atoms with E-state index < -0.39 is 21.3 Å². The second-order valence-electron chi connectivity index (χ2n) is 19.2. The van der Waals surface area contributed by atoms with Gasteiger partial charge in [0, 0.05) is 0 Å². The van der Waals surface area contributed by atoms with E-state index in [2.05, 4.69) is 152 Å². The number of rotatable bonds is 5. The number of allylic oxidation sites excluding steroid dienone is 4. The summed E-state index contributed by atoms with van der Waals surface area (Å²) in [4.78, 5) is 0. The third-order valence-corrected chi connectivity index (χ3v) is 22.0. The van der Waals surface area contributed by atoms with Crippen molar-refractivity contribution in [1.82, 2.24) is 0 Å². The standard InChI is InChI=1S/C21H25.C16H21.C13H10.Zr/c1-20(2,3)16-9-7-14-11-15-8-10-17(21(4,5)6)13-19(15)18(14)12-16;1-11-3-2-4-15(11)16-8-12-5-13(9-16)7-14(6-12)10-16;1-3-7-12(8-4-1)11-13-9-5-2-6-10-13;/h7-13H,1-6H3;3,12-14H,2,5-10H2,1H3;1-10H;. The fourth-order valence-electron chi connectivity index (χ4n) is 11.7. The molecule has 0 heterocycles. The molecule has 0 amide bonds. The van der Waals surface area contributed by atoms with E-state index in [9.17, 15) is 0 Å². The van der Waals surface area contributed by atoms with Gasteiger partial charge in [-0.1, -0.05) is 0 Å². The maximum absolute atomic E-state index is 2.90. The fraction of sp³-hybridized carbons (Fsp3) is 0.420. The molecule has 10 rings (SSSR count). The fourth-order valence-corrected chi connectivity index (χ4v) is 21.8. The van der Waals surface area contributed by atoms with Crippen molar-refractivity contribution in [2.45, 2.75) is 108 Å². The maximum atomic E-state index is 2.68. The summed E-state index contributed by atoms with van der Waals surface area (Å²) < 4.78 is 4.06. The van der Waals surface area contributed by atoms with E-state index in [0.717, 1.165) is 24.2 Å². The van der Waals surface area contributed by atoms with Gasteiger partial charge in [-0.2, -0.15) is 0 Å². The monoisotopic (exact) mass is 746 g/mol. The summed E-state index contributed by atoms with van der Waals surface area (Å²) in [5, 5.41) is 0. The van der Waals surface area contributed by atoms with E-state index in [4.69, 9.17) is 0 Å². The van der Waals surface area contributed by atoms with E-state index in [1.54, 1.807) is 19.9 Å². The average Bonchev–Trinajstić information content (AvgIpc) is 3.64. The molecule has 4 bridgehead atoms. The van der Waals surface area contributed by atoms with Crippen LogP contribution in [-0.4, -0.2) is 3.21 Å². The van der Waals surface area contributed by atoms with Crippen molar-refractivity contribution >= 4 is 3.21 Å². The number of hydrogen-bond acceptors (Lipinski definition) is 0. The summed E-state index contributed by atoms with van der Waals surface area (Å²) in [7, 11) is 0. The first-order valence-electron chi connectivity index (χ1n) is 19.9. The number of benzene rings is 4. The van der Waals surface area contributed by atoms with E-state index in [1.165, 1.54) is 71.9 Å². The Bertz CT molecular complexity index is 1970. The van der Waals surface area contributed by atoms with Gasteiger partial charge in [-0.15, -0.1) is 0 Å². The molecule has 6 aliphatic rings. The molecule has 4 aromatic carbocycles. The van der Waals surface area contributed by atoms with Crippen molar-refractivity contribution in [2.24, 2.45) is 23.2 Å². The van der Waals surface area contributed by atoms with Gasteiger partial charge in [0.05, 0.1) is 0 Å². The molecule has 0 aromatic heterocycles. The summed E-state index contributed by atoms with van der Waals surface area (Å²) >= 11 is -2.90. The van der Waals surface area contributed by atoms with Gasteiger partial charge < -0.3 is 0 Å². The summed E-state index contributed by atoms with van der Waals surface area (Å²) in [6, 6.07) is 38.6. The molecule has 0 atom stereocenters. The molecule has 1 heteroatoms. The Kier molecular flexibility index (Phi) is 8.20. The summed E-state index contributed by atoms with van der Waals surface area (Å²) in [6.45, 7) is 16.8. The summed E-state index contributed by atoms with van der Waals surface area (Å²) in [6.07, 6.45) is 12.6. The van der Waals surface area contributed by atoms with Gasteiger partial charge in [0.25, 0.3) is 0 Å². The molecule has 4 aromatic rings. The molecule has 0 aliphatic heterocycles. The molecular weight excluding hydrogens is 692 g/mol. The SMILES string of the molecule is CC1=CC[C]([Zr](=[C](c2ccccc2)c2ccccc2)[CH]2c3ccc(C(C)(C)C)cc3-c3cc(C(C)(C)C)ccc32)=C1C12CC3CC(CC(C3)C1)C2. The minimum atomic E-state index is -2.90. The molecule has 51 heavy (non-hydrogen) atoms. The second-order valence-corrected chi connectivity index (χ2v) is 25.4. The zero-order valence-corrected chi connectivity index (χ0v) is 34.5. The van der Waals surface area contributed by atoms with Crippen molar-refractivity contribution in [2.75, 3.05) is 0 Å². The Morgan fingerprint density at radius 2 is 1.06 bits per heavy atom. The summed E-state index contributed by atoms with van der Waals surface area (Å²) in [5.41, 5.74) is 16.1. The summed E-state index contributed by atoms with van der Waals surface area (Å²) in [5.74, 6) is 2.82. The third kappa shape index (κ3) is 5.75. The molecular formula is C50H56Zr. The van der Waals surface area contributed by atoms with Gasteiger partial charge in [-0.05, 0) is 0 Å². The van der Waals surface area contributed by atoms with Gasteiger partial charge in [-0.25, -0.2) is 0 Å². The van der Waals surface area contributed by atoms with E-state index in [0.29, 0.717) is 9.04 Å². The molecule has 0 nitrogen and oxygen atoms in total. The molecule has 0 saturated heterocycles. The van der Waals surface area contributed by atoms with Crippen molar-refractivity contribution in [3.05, 3.63) is 151 Å². The normalized spacial score (nSPS) is 25.2. The molecule has 0 spiro atoms. The predicted octanol–water partition coefficient (Wildman–Crippen LogP) is 13.1. The van der Waals surface area contributed by atoms with E-state index in [-0.39, 0.29) is 10.8 Å². The molecule has 0 unspecified atom stereocenters. The van der Waals surface area contributed by atoms with Crippen LogP contribution in [0.1, 0.15) is 130 Å². The van der Waals surface area contributed by atoms with Gasteiger partial charge in [0.2, 0.25) is 0 Å². The van der Waals surface area contributed by atoms with Crippen LogP contribution in [0.2, 0.25) is 0 Å². The van der Waals surface area contributed by atoms with Crippen LogP contribution in [-0.2, 0) is 32.1 Å². The number of fused-ring (bicyclic) bond motifs is 3. The van der Waals surface area contributed by atoms with Crippen molar-refractivity contribution in [1.29, 1.82) is 0 Å². The van der Waals surface area contributed by atoms with Crippen LogP contribution in [0.4, 0.5) is 0 Å². The van der Waals surface area contributed by atoms with Crippen molar-refractivity contribution < 1.29 is 21.3 Å². The van der Waals surface area contributed by atoms with Crippen LogP contribution >= 0.6 is 0 Å². The van der Waals surface area contributed by atoms with Gasteiger partial charge in [0.1, 0.15) is 0 Å². The van der Waals surface area contributed by atoms with Crippen LogP contribution in [0.5, 0.6) is 0 Å². The third-order valence-electron chi connectivity index (χ3n) is 13.6. The first-order valence-corrected chi connectivity index (χ1v) is 23.8.